The van der Waals surface area contributed by atoms with E-state index in [1.54, 1.807) is 18.4 Å². The normalized spacial score (nSPS) is 18.5. The molecule has 1 aromatic carbocycles. The number of imide groups is 1. The highest BCUT2D eigenvalue weighted by molar-refractivity contribution is 6.22. The van der Waals surface area contributed by atoms with Crippen LogP contribution in [0.15, 0.2) is 47.1 Å². The van der Waals surface area contributed by atoms with Crippen LogP contribution in [0, 0.1) is 5.82 Å². The van der Waals surface area contributed by atoms with Crippen LogP contribution in [0.3, 0.4) is 0 Å². The van der Waals surface area contributed by atoms with Gasteiger partial charge in [-0.15, -0.1) is 0 Å². The second-order valence-corrected chi connectivity index (χ2v) is 4.76. The second-order valence-electron chi connectivity index (χ2n) is 4.76. The highest BCUT2D eigenvalue weighted by Gasteiger charge is 2.39. The molecule has 0 saturated carbocycles. The molecule has 0 unspecified atom stereocenters. The van der Waals surface area contributed by atoms with E-state index >= 15 is 0 Å². The summed E-state index contributed by atoms with van der Waals surface area (Å²) in [5.41, 5.74) is 0.383. The molecule has 1 atom stereocenters. The molecule has 0 aliphatic carbocycles. The summed E-state index contributed by atoms with van der Waals surface area (Å²) in [6, 6.07) is 8.22. The fraction of sp³-hybridized carbons (Fsp3) is 0.200. The van der Waals surface area contributed by atoms with Crippen LogP contribution in [0.4, 0.5) is 10.1 Å². The molecular formula is C15H13FN2O3. The van der Waals surface area contributed by atoms with Crippen LogP contribution in [0.1, 0.15) is 12.2 Å². The average Bonchev–Trinajstić information content (AvgIpc) is 3.07. The Balaban J connectivity index is 1.71. The van der Waals surface area contributed by atoms with E-state index in [1.807, 2.05) is 0 Å². The van der Waals surface area contributed by atoms with E-state index in [2.05, 4.69) is 5.32 Å². The zero-order valence-electron chi connectivity index (χ0n) is 11.1. The van der Waals surface area contributed by atoms with Crippen LogP contribution < -0.4 is 10.2 Å². The molecule has 2 amide bonds. The van der Waals surface area contributed by atoms with Crippen molar-refractivity contribution in [2.75, 3.05) is 4.90 Å². The summed E-state index contributed by atoms with van der Waals surface area (Å²) >= 11 is 0. The van der Waals surface area contributed by atoms with Gasteiger partial charge in [0.05, 0.1) is 31.0 Å². The Morgan fingerprint density at radius 1 is 1.24 bits per heavy atom. The maximum absolute atomic E-state index is 12.9. The number of halogens is 1. The smallest absolute Gasteiger partial charge is 0.251 e. The van der Waals surface area contributed by atoms with Gasteiger partial charge in [0.2, 0.25) is 5.91 Å². The molecule has 0 spiro atoms. The molecule has 1 aliphatic heterocycles. The quantitative estimate of drug-likeness (QED) is 0.872. The maximum atomic E-state index is 12.9. The van der Waals surface area contributed by atoms with Crippen LogP contribution in [-0.2, 0) is 16.1 Å². The third-order valence-corrected chi connectivity index (χ3v) is 3.33. The van der Waals surface area contributed by atoms with E-state index in [1.165, 1.54) is 24.3 Å². The van der Waals surface area contributed by atoms with E-state index in [0.29, 0.717) is 18.0 Å². The molecule has 0 radical (unpaired) electrons. The fourth-order valence-corrected chi connectivity index (χ4v) is 2.29. The molecule has 6 heteroatoms. The molecule has 1 aromatic heterocycles. The van der Waals surface area contributed by atoms with Crippen LogP contribution in [0.2, 0.25) is 0 Å². The SMILES string of the molecule is O=C1C[C@H](NCc2ccco2)C(=O)N1c1ccc(F)cc1. The topological polar surface area (TPSA) is 62.6 Å². The minimum atomic E-state index is -0.590. The van der Waals surface area contributed by atoms with E-state index < -0.39 is 11.9 Å². The Morgan fingerprint density at radius 3 is 2.67 bits per heavy atom. The summed E-state index contributed by atoms with van der Waals surface area (Å²) in [6.07, 6.45) is 1.63. The van der Waals surface area contributed by atoms with Crippen molar-refractivity contribution in [3.63, 3.8) is 0 Å². The van der Waals surface area contributed by atoms with Crippen molar-refractivity contribution in [2.24, 2.45) is 0 Å². The molecular weight excluding hydrogens is 275 g/mol. The number of hydrogen-bond donors (Lipinski definition) is 1. The number of amides is 2. The minimum absolute atomic E-state index is 0.0803. The Kier molecular flexibility index (Phi) is 3.53. The Hall–Kier alpha value is -2.47. The first-order valence-corrected chi connectivity index (χ1v) is 6.53. The van der Waals surface area contributed by atoms with Crippen LogP contribution in [-0.4, -0.2) is 17.9 Å². The van der Waals surface area contributed by atoms with Crippen molar-refractivity contribution in [3.8, 4) is 0 Å². The van der Waals surface area contributed by atoms with Crippen molar-refractivity contribution in [1.82, 2.24) is 5.32 Å². The largest absolute Gasteiger partial charge is 0.468 e. The van der Waals surface area contributed by atoms with Crippen molar-refractivity contribution in [1.29, 1.82) is 0 Å². The Bertz CT molecular complexity index is 652. The van der Waals surface area contributed by atoms with Crippen molar-refractivity contribution in [3.05, 3.63) is 54.2 Å². The van der Waals surface area contributed by atoms with E-state index in [-0.39, 0.29) is 18.2 Å². The molecule has 21 heavy (non-hydrogen) atoms. The van der Waals surface area contributed by atoms with Gasteiger partial charge < -0.3 is 4.42 Å². The Morgan fingerprint density at radius 2 is 2.00 bits per heavy atom. The molecule has 1 saturated heterocycles. The van der Waals surface area contributed by atoms with Gasteiger partial charge in [-0.2, -0.15) is 0 Å². The molecule has 0 bridgehead atoms. The third kappa shape index (κ3) is 2.71. The van der Waals surface area contributed by atoms with Gasteiger partial charge in [-0.25, -0.2) is 9.29 Å². The summed E-state index contributed by atoms with van der Waals surface area (Å²) in [7, 11) is 0. The van der Waals surface area contributed by atoms with Gasteiger partial charge in [0.1, 0.15) is 11.6 Å². The number of carbonyl (C=O) groups is 2. The number of nitrogens with zero attached hydrogens (tertiary/aromatic N) is 1. The van der Waals surface area contributed by atoms with Crippen LogP contribution in [0.5, 0.6) is 0 Å². The zero-order chi connectivity index (χ0) is 14.8. The highest BCUT2D eigenvalue weighted by atomic mass is 19.1. The van der Waals surface area contributed by atoms with Gasteiger partial charge in [0.25, 0.3) is 5.91 Å². The molecule has 1 N–H and O–H groups in total. The summed E-state index contributed by atoms with van der Waals surface area (Å²) in [5, 5.41) is 3.00. The summed E-state index contributed by atoms with van der Waals surface area (Å²) in [4.78, 5) is 25.4. The van der Waals surface area contributed by atoms with Gasteiger partial charge in [-0.3, -0.25) is 14.9 Å². The number of furan rings is 1. The number of anilines is 1. The average molecular weight is 288 g/mol. The summed E-state index contributed by atoms with van der Waals surface area (Å²) < 4.78 is 18.1. The monoisotopic (exact) mass is 288 g/mol. The lowest BCUT2D eigenvalue weighted by molar-refractivity contribution is -0.121. The lowest BCUT2D eigenvalue weighted by Gasteiger charge is -2.15. The summed E-state index contributed by atoms with van der Waals surface area (Å²) in [6.45, 7) is 0.369. The van der Waals surface area contributed by atoms with Crippen LogP contribution >= 0.6 is 0 Å². The lowest BCUT2D eigenvalue weighted by atomic mass is 10.2. The first kappa shape index (κ1) is 13.5. The number of rotatable bonds is 4. The first-order chi connectivity index (χ1) is 10.1. The van der Waals surface area contributed by atoms with E-state index in [0.717, 1.165) is 4.90 Å². The predicted molar refractivity (Wildman–Crippen MR) is 72.8 cm³/mol. The van der Waals surface area contributed by atoms with Crippen LogP contribution in [0.25, 0.3) is 0 Å². The predicted octanol–water partition coefficient (Wildman–Crippen LogP) is 1.84. The summed E-state index contributed by atoms with van der Waals surface area (Å²) in [5.74, 6) is -0.359. The molecule has 2 aromatic rings. The van der Waals surface area contributed by atoms with Gasteiger partial charge in [-0.1, -0.05) is 0 Å². The number of carbonyl (C=O) groups excluding carboxylic acids is 2. The van der Waals surface area contributed by atoms with E-state index in [9.17, 15) is 14.0 Å². The number of hydrogen-bond acceptors (Lipinski definition) is 4. The van der Waals surface area contributed by atoms with Gasteiger partial charge in [0, 0.05) is 0 Å². The zero-order valence-corrected chi connectivity index (χ0v) is 11.1. The van der Waals surface area contributed by atoms with Crippen molar-refractivity contribution < 1.29 is 18.4 Å². The highest BCUT2D eigenvalue weighted by Crippen LogP contribution is 2.23. The Labute approximate surface area is 120 Å². The minimum Gasteiger partial charge on any atom is -0.468 e. The molecule has 1 aliphatic rings. The van der Waals surface area contributed by atoms with Gasteiger partial charge in [-0.05, 0) is 36.4 Å². The standard InChI is InChI=1S/C15H13FN2O3/c16-10-3-5-11(6-4-10)18-14(19)8-13(15(18)20)17-9-12-2-1-7-21-12/h1-7,13,17H,8-9H2/t13-/m0/s1. The number of benzene rings is 1. The van der Waals surface area contributed by atoms with Crippen molar-refractivity contribution in [2.45, 2.75) is 19.0 Å². The molecule has 3 rings (SSSR count). The van der Waals surface area contributed by atoms with Gasteiger partial charge >= 0.3 is 0 Å². The van der Waals surface area contributed by atoms with Gasteiger partial charge in [0.15, 0.2) is 0 Å². The lowest BCUT2D eigenvalue weighted by Crippen LogP contribution is -2.38. The van der Waals surface area contributed by atoms with Crippen molar-refractivity contribution >= 4 is 17.5 Å². The molecule has 5 nitrogen and oxygen atoms in total. The third-order valence-electron chi connectivity index (χ3n) is 3.33. The number of nitrogens with one attached hydrogen (secondary N) is 1. The first-order valence-electron chi connectivity index (χ1n) is 6.53. The molecule has 1 fully saturated rings. The second kappa shape index (κ2) is 5.49. The van der Waals surface area contributed by atoms with E-state index in [4.69, 9.17) is 4.42 Å². The molecule has 108 valence electrons. The maximum Gasteiger partial charge on any atom is 0.251 e. The fourth-order valence-electron chi connectivity index (χ4n) is 2.29. The molecule has 2 heterocycles.